The minimum absolute atomic E-state index is 0. The van der Waals surface area contributed by atoms with Gasteiger partial charge in [0.05, 0.1) is 4.90 Å². The maximum Gasteiger partial charge on any atom is 0.243 e. The summed E-state index contributed by atoms with van der Waals surface area (Å²) in [6.07, 6.45) is 1.08. The van der Waals surface area contributed by atoms with Crippen molar-refractivity contribution >= 4 is 34.1 Å². The van der Waals surface area contributed by atoms with E-state index in [1.807, 2.05) is 11.8 Å². The van der Waals surface area contributed by atoms with E-state index in [1.165, 1.54) is 35.5 Å². The maximum absolute atomic E-state index is 12.8. The van der Waals surface area contributed by atoms with Crippen LogP contribution in [0.3, 0.4) is 0 Å². The summed E-state index contributed by atoms with van der Waals surface area (Å²) in [6.45, 7) is 6.48. The van der Waals surface area contributed by atoms with Crippen LogP contribution in [-0.4, -0.2) is 68.1 Å². The van der Waals surface area contributed by atoms with E-state index in [0.717, 1.165) is 13.1 Å². The summed E-state index contributed by atoms with van der Waals surface area (Å²) in [7, 11) is -3.60. The van der Waals surface area contributed by atoms with Crippen LogP contribution < -0.4 is 5.32 Å². The maximum atomic E-state index is 12.8. The minimum atomic E-state index is -3.60. The Bertz CT molecular complexity index is 805. The van der Waals surface area contributed by atoms with Gasteiger partial charge in [-0.25, -0.2) is 8.42 Å². The topological polar surface area (TPSA) is 86.8 Å². The lowest BCUT2D eigenvalue weighted by Gasteiger charge is -2.38. The molecule has 2 heterocycles. The molecular weight excluding hydrogens is 402 g/mol. The normalized spacial score (nSPS) is 21.8. The number of piperazine rings is 1. The molecule has 1 aromatic carbocycles. The van der Waals surface area contributed by atoms with Gasteiger partial charge in [0.1, 0.15) is 0 Å². The highest BCUT2D eigenvalue weighted by Crippen LogP contribution is 2.26. The van der Waals surface area contributed by atoms with E-state index in [1.54, 1.807) is 0 Å². The van der Waals surface area contributed by atoms with Crippen molar-refractivity contribution in [2.75, 3.05) is 32.7 Å². The molecule has 156 valence electrons. The number of carbonyl (C=O) groups is 2. The molecule has 0 radical (unpaired) electrons. The third-order valence-corrected chi connectivity index (χ3v) is 7.40. The van der Waals surface area contributed by atoms with Gasteiger partial charge in [0.25, 0.3) is 0 Å². The smallest absolute Gasteiger partial charge is 0.243 e. The lowest BCUT2D eigenvalue weighted by molar-refractivity contribution is -0.139. The average molecular weight is 430 g/mol. The Kier molecular flexibility index (Phi) is 7.61. The highest BCUT2D eigenvalue weighted by molar-refractivity contribution is 7.89. The van der Waals surface area contributed by atoms with Crippen LogP contribution >= 0.6 is 12.4 Å². The molecule has 0 bridgehead atoms. The van der Waals surface area contributed by atoms with Gasteiger partial charge in [0, 0.05) is 50.2 Å². The minimum Gasteiger partial charge on any atom is -0.337 e. The van der Waals surface area contributed by atoms with Crippen molar-refractivity contribution < 1.29 is 18.0 Å². The standard InChI is InChI=1S/C19H27N3O4S.ClH/c1-14-13-20-9-12-22(14)19(24)17-7-10-21(11-8-17)27(25,26)18-5-3-16(4-6-18)15(2)23;/h3-6,14,17,20H,7-13H2,1-2H3;1H/t14-;/m0./s1. The molecule has 0 aromatic heterocycles. The van der Waals surface area contributed by atoms with Crippen molar-refractivity contribution in [1.29, 1.82) is 0 Å². The Labute approximate surface area is 172 Å². The van der Waals surface area contributed by atoms with Gasteiger partial charge >= 0.3 is 0 Å². The SMILES string of the molecule is CC(=O)c1ccc(S(=O)(=O)N2CCC(C(=O)N3CCNC[C@@H]3C)CC2)cc1.Cl. The van der Waals surface area contributed by atoms with Crippen molar-refractivity contribution in [1.82, 2.24) is 14.5 Å². The number of hydrogen-bond donors (Lipinski definition) is 1. The zero-order chi connectivity index (χ0) is 19.6. The molecule has 28 heavy (non-hydrogen) atoms. The number of rotatable bonds is 4. The number of hydrogen-bond acceptors (Lipinski definition) is 5. The van der Waals surface area contributed by atoms with Crippen LogP contribution in [0.4, 0.5) is 0 Å². The second-order valence-electron chi connectivity index (χ2n) is 7.34. The summed E-state index contributed by atoms with van der Waals surface area (Å²) in [6, 6.07) is 6.21. The first kappa shape index (κ1) is 22.8. The molecule has 0 aliphatic carbocycles. The first-order valence-electron chi connectivity index (χ1n) is 9.43. The Morgan fingerprint density at radius 1 is 1.07 bits per heavy atom. The van der Waals surface area contributed by atoms with Crippen LogP contribution in [0.15, 0.2) is 29.2 Å². The number of benzene rings is 1. The molecule has 0 spiro atoms. The number of piperidine rings is 1. The van der Waals surface area contributed by atoms with Crippen LogP contribution in [-0.2, 0) is 14.8 Å². The highest BCUT2D eigenvalue weighted by Gasteiger charge is 2.35. The number of nitrogens with one attached hydrogen (secondary N) is 1. The van der Waals surface area contributed by atoms with Gasteiger partial charge in [-0.3, -0.25) is 9.59 Å². The Hall–Kier alpha value is -1.48. The Morgan fingerprint density at radius 3 is 2.21 bits per heavy atom. The lowest BCUT2D eigenvalue weighted by atomic mass is 9.95. The third kappa shape index (κ3) is 4.74. The zero-order valence-electron chi connectivity index (χ0n) is 16.3. The fourth-order valence-corrected chi connectivity index (χ4v) is 5.23. The molecule has 9 heteroatoms. The zero-order valence-corrected chi connectivity index (χ0v) is 17.9. The Balaban J connectivity index is 0.00000280. The number of sulfonamides is 1. The summed E-state index contributed by atoms with van der Waals surface area (Å²) in [5, 5.41) is 3.28. The second-order valence-corrected chi connectivity index (χ2v) is 9.28. The number of carbonyl (C=O) groups excluding carboxylic acids is 2. The molecule has 1 amide bonds. The van der Waals surface area contributed by atoms with Crippen LogP contribution in [0.2, 0.25) is 0 Å². The molecule has 2 aliphatic rings. The van der Waals surface area contributed by atoms with Gasteiger partial charge in [0.15, 0.2) is 5.78 Å². The molecule has 2 fully saturated rings. The van der Waals surface area contributed by atoms with Gasteiger partial charge in [-0.15, -0.1) is 12.4 Å². The molecule has 0 unspecified atom stereocenters. The van der Waals surface area contributed by atoms with Crippen molar-refractivity contribution in [3.63, 3.8) is 0 Å². The average Bonchev–Trinajstić information content (AvgIpc) is 2.68. The highest BCUT2D eigenvalue weighted by atomic mass is 35.5. The molecule has 7 nitrogen and oxygen atoms in total. The van der Waals surface area contributed by atoms with E-state index >= 15 is 0 Å². The van der Waals surface area contributed by atoms with Crippen molar-refractivity contribution in [3.05, 3.63) is 29.8 Å². The monoisotopic (exact) mass is 429 g/mol. The summed E-state index contributed by atoms with van der Waals surface area (Å²) >= 11 is 0. The summed E-state index contributed by atoms with van der Waals surface area (Å²) < 4.78 is 27.1. The van der Waals surface area contributed by atoms with Gasteiger partial charge in [-0.1, -0.05) is 12.1 Å². The molecule has 2 aliphatic heterocycles. The quantitative estimate of drug-likeness (QED) is 0.733. The van der Waals surface area contributed by atoms with Crippen molar-refractivity contribution in [3.8, 4) is 0 Å². The molecular formula is C19H28ClN3O4S. The Morgan fingerprint density at radius 2 is 1.68 bits per heavy atom. The van der Waals surface area contributed by atoms with E-state index in [4.69, 9.17) is 0 Å². The van der Waals surface area contributed by atoms with Crippen LogP contribution in [0, 0.1) is 5.92 Å². The number of ketones is 1. The van der Waals surface area contributed by atoms with Gasteiger partial charge in [-0.2, -0.15) is 4.31 Å². The first-order chi connectivity index (χ1) is 12.8. The van der Waals surface area contributed by atoms with Crippen LogP contribution in [0.1, 0.15) is 37.0 Å². The van der Waals surface area contributed by atoms with Crippen LogP contribution in [0.5, 0.6) is 0 Å². The predicted octanol–water partition coefficient (Wildman–Crippen LogP) is 1.53. The fraction of sp³-hybridized carbons (Fsp3) is 0.579. The molecule has 2 saturated heterocycles. The van der Waals surface area contributed by atoms with Gasteiger partial charge < -0.3 is 10.2 Å². The van der Waals surface area contributed by atoms with E-state index in [-0.39, 0.29) is 41.0 Å². The van der Waals surface area contributed by atoms with E-state index in [2.05, 4.69) is 5.32 Å². The number of halogens is 1. The van der Waals surface area contributed by atoms with E-state index < -0.39 is 10.0 Å². The lowest BCUT2D eigenvalue weighted by Crippen LogP contribution is -2.55. The number of nitrogens with zero attached hydrogens (tertiary/aromatic N) is 2. The summed E-state index contributed by atoms with van der Waals surface area (Å²) in [4.78, 5) is 26.3. The second kappa shape index (κ2) is 9.35. The summed E-state index contributed by atoms with van der Waals surface area (Å²) in [5.41, 5.74) is 0.489. The fourth-order valence-electron chi connectivity index (χ4n) is 3.76. The van der Waals surface area contributed by atoms with E-state index in [0.29, 0.717) is 38.0 Å². The number of Topliss-reactive ketones (excluding diaryl/α,β-unsaturated/α-hetero) is 1. The summed E-state index contributed by atoms with van der Waals surface area (Å²) in [5.74, 6) is -0.0654. The van der Waals surface area contributed by atoms with E-state index in [9.17, 15) is 18.0 Å². The van der Waals surface area contributed by atoms with Gasteiger partial charge in [0.2, 0.25) is 15.9 Å². The van der Waals surface area contributed by atoms with Crippen LogP contribution in [0.25, 0.3) is 0 Å². The molecule has 3 rings (SSSR count). The van der Waals surface area contributed by atoms with Crippen molar-refractivity contribution in [2.45, 2.75) is 37.6 Å². The van der Waals surface area contributed by atoms with Gasteiger partial charge in [-0.05, 0) is 38.8 Å². The molecule has 1 N–H and O–H groups in total. The molecule has 1 aromatic rings. The molecule has 1 atom stereocenters. The predicted molar refractivity (Wildman–Crippen MR) is 109 cm³/mol. The molecule has 0 saturated carbocycles. The largest absolute Gasteiger partial charge is 0.337 e. The van der Waals surface area contributed by atoms with Crippen molar-refractivity contribution in [2.24, 2.45) is 5.92 Å². The first-order valence-corrected chi connectivity index (χ1v) is 10.9. The third-order valence-electron chi connectivity index (χ3n) is 5.49. The number of amides is 1.